The molecule has 130 valence electrons. The Bertz CT molecular complexity index is 1010. The molecule has 0 aliphatic heterocycles. The van der Waals surface area contributed by atoms with Gasteiger partial charge >= 0.3 is 6.18 Å². The molecule has 7 heteroatoms. The number of halogens is 4. The van der Waals surface area contributed by atoms with E-state index in [-0.39, 0.29) is 22.5 Å². The number of nitriles is 1. The van der Waals surface area contributed by atoms with E-state index in [9.17, 15) is 18.4 Å². The van der Waals surface area contributed by atoms with Gasteiger partial charge in [-0.1, -0.05) is 35.9 Å². The predicted octanol–water partition coefficient (Wildman–Crippen LogP) is 5.54. The van der Waals surface area contributed by atoms with Gasteiger partial charge in [-0.05, 0) is 35.9 Å². The summed E-state index contributed by atoms with van der Waals surface area (Å²) in [5, 5.41) is 9.91. The molecule has 0 saturated heterocycles. The van der Waals surface area contributed by atoms with Crippen LogP contribution < -0.4 is 5.73 Å². The first-order valence-electron chi connectivity index (χ1n) is 7.44. The van der Waals surface area contributed by atoms with Crippen LogP contribution in [-0.4, -0.2) is 4.98 Å². The number of hydrogen-bond donors (Lipinski definition) is 1. The van der Waals surface area contributed by atoms with E-state index >= 15 is 0 Å². The molecular weight excluding hydrogens is 363 g/mol. The number of nitrogens with two attached hydrogens (primary N) is 1. The van der Waals surface area contributed by atoms with E-state index in [0.29, 0.717) is 16.3 Å². The largest absolute Gasteiger partial charge is 0.416 e. The maximum absolute atomic E-state index is 13.0. The summed E-state index contributed by atoms with van der Waals surface area (Å²) in [7, 11) is 0. The summed E-state index contributed by atoms with van der Waals surface area (Å²) >= 11 is 5.87. The molecule has 0 bridgehead atoms. The van der Waals surface area contributed by atoms with Gasteiger partial charge in [-0.15, -0.1) is 0 Å². The zero-order chi connectivity index (χ0) is 18.9. The van der Waals surface area contributed by atoms with Crippen LogP contribution in [0.3, 0.4) is 0 Å². The standard InChI is InChI=1S/C19H11ClF3N3/c20-14-6-4-11(5-7-14)17-9-15(16(10-24)18(25)26-17)12-2-1-3-13(8-12)19(21,22)23/h1-9H,(H2,25,26). The molecule has 26 heavy (non-hydrogen) atoms. The highest BCUT2D eigenvalue weighted by atomic mass is 35.5. The topological polar surface area (TPSA) is 62.7 Å². The minimum absolute atomic E-state index is 0.0297. The lowest BCUT2D eigenvalue weighted by atomic mass is 9.97. The van der Waals surface area contributed by atoms with Gasteiger partial charge in [-0.3, -0.25) is 0 Å². The number of alkyl halides is 3. The highest BCUT2D eigenvalue weighted by molar-refractivity contribution is 6.30. The van der Waals surface area contributed by atoms with Gasteiger partial charge in [0.05, 0.1) is 11.3 Å². The molecule has 0 unspecified atom stereocenters. The molecule has 1 heterocycles. The quantitative estimate of drug-likeness (QED) is 0.641. The number of hydrogen-bond acceptors (Lipinski definition) is 3. The minimum Gasteiger partial charge on any atom is -0.383 e. The fraction of sp³-hybridized carbons (Fsp3) is 0.0526. The zero-order valence-electron chi connectivity index (χ0n) is 13.2. The SMILES string of the molecule is N#Cc1c(-c2cccc(C(F)(F)F)c2)cc(-c2ccc(Cl)cc2)nc1N. The van der Waals surface area contributed by atoms with Crippen molar-refractivity contribution in [1.29, 1.82) is 5.26 Å². The first kappa shape index (κ1) is 17.8. The number of benzene rings is 2. The van der Waals surface area contributed by atoms with Gasteiger partial charge in [-0.25, -0.2) is 4.98 Å². The number of aromatic nitrogens is 1. The Morgan fingerprint density at radius 3 is 2.31 bits per heavy atom. The molecule has 0 amide bonds. The number of nitrogen functional groups attached to an aromatic ring is 1. The van der Waals surface area contributed by atoms with Crippen LogP contribution >= 0.6 is 11.6 Å². The van der Waals surface area contributed by atoms with E-state index in [1.54, 1.807) is 30.3 Å². The molecule has 0 spiro atoms. The van der Waals surface area contributed by atoms with Crippen molar-refractivity contribution in [2.24, 2.45) is 0 Å². The summed E-state index contributed by atoms with van der Waals surface area (Å²) in [5.41, 5.74) is 6.75. The second-order valence-electron chi connectivity index (χ2n) is 5.51. The van der Waals surface area contributed by atoms with Crippen LogP contribution in [0.25, 0.3) is 22.4 Å². The Morgan fingerprint density at radius 1 is 1.00 bits per heavy atom. The highest BCUT2D eigenvalue weighted by Gasteiger charge is 2.30. The van der Waals surface area contributed by atoms with Gasteiger partial charge in [-0.2, -0.15) is 18.4 Å². The third-order valence-electron chi connectivity index (χ3n) is 3.80. The molecule has 0 radical (unpaired) electrons. The Morgan fingerprint density at radius 2 is 1.69 bits per heavy atom. The van der Waals surface area contributed by atoms with Crippen molar-refractivity contribution < 1.29 is 13.2 Å². The number of pyridine rings is 1. The van der Waals surface area contributed by atoms with Gasteiger partial charge in [0.15, 0.2) is 0 Å². The van der Waals surface area contributed by atoms with Crippen LogP contribution in [0.5, 0.6) is 0 Å². The van der Waals surface area contributed by atoms with Gasteiger partial charge in [0, 0.05) is 16.1 Å². The van der Waals surface area contributed by atoms with E-state index in [1.165, 1.54) is 12.1 Å². The molecule has 2 aromatic carbocycles. The summed E-state index contributed by atoms with van der Waals surface area (Å²) in [6, 6.07) is 15.0. The first-order chi connectivity index (χ1) is 12.3. The van der Waals surface area contributed by atoms with Crippen molar-refractivity contribution in [3.8, 4) is 28.5 Å². The smallest absolute Gasteiger partial charge is 0.383 e. The molecule has 0 saturated carbocycles. The first-order valence-corrected chi connectivity index (χ1v) is 7.81. The van der Waals surface area contributed by atoms with Crippen LogP contribution in [0.1, 0.15) is 11.1 Å². The lowest BCUT2D eigenvalue weighted by Gasteiger charge is -2.12. The molecule has 0 aliphatic rings. The van der Waals surface area contributed by atoms with Crippen molar-refractivity contribution in [3.05, 3.63) is 70.7 Å². The average Bonchev–Trinajstić information content (AvgIpc) is 2.61. The van der Waals surface area contributed by atoms with Crippen LogP contribution in [0.15, 0.2) is 54.6 Å². The summed E-state index contributed by atoms with van der Waals surface area (Å²) in [6.45, 7) is 0. The normalized spacial score (nSPS) is 11.2. The van der Waals surface area contributed by atoms with Crippen molar-refractivity contribution in [2.45, 2.75) is 6.18 Å². The Labute approximate surface area is 152 Å². The van der Waals surface area contributed by atoms with Crippen molar-refractivity contribution in [3.63, 3.8) is 0 Å². The molecule has 3 rings (SSSR count). The Kier molecular flexibility index (Phi) is 4.58. The summed E-state index contributed by atoms with van der Waals surface area (Å²) in [4.78, 5) is 4.19. The molecule has 3 aromatic rings. The van der Waals surface area contributed by atoms with E-state index in [0.717, 1.165) is 12.1 Å². The second kappa shape index (κ2) is 6.70. The molecular formula is C19H11ClF3N3. The molecule has 0 atom stereocenters. The van der Waals surface area contributed by atoms with Crippen molar-refractivity contribution >= 4 is 17.4 Å². The minimum atomic E-state index is -4.49. The Hall–Kier alpha value is -3.04. The van der Waals surface area contributed by atoms with Crippen molar-refractivity contribution in [1.82, 2.24) is 4.98 Å². The van der Waals surface area contributed by atoms with Crippen LogP contribution in [0, 0.1) is 11.3 Å². The maximum atomic E-state index is 13.0. The lowest BCUT2D eigenvalue weighted by Crippen LogP contribution is -2.05. The molecule has 0 fully saturated rings. The van der Waals surface area contributed by atoms with Crippen LogP contribution in [-0.2, 0) is 6.18 Å². The number of anilines is 1. The van der Waals surface area contributed by atoms with Gasteiger partial charge in [0.1, 0.15) is 17.5 Å². The number of nitrogens with zero attached hydrogens (tertiary/aromatic N) is 2. The monoisotopic (exact) mass is 373 g/mol. The highest BCUT2D eigenvalue weighted by Crippen LogP contribution is 2.35. The Balaban J connectivity index is 2.21. The predicted molar refractivity (Wildman–Crippen MR) is 94.2 cm³/mol. The van der Waals surface area contributed by atoms with E-state index < -0.39 is 11.7 Å². The van der Waals surface area contributed by atoms with E-state index in [1.807, 2.05) is 6.07 Å². The van der Waals surface area contributed by atoms with Crippen LogP contribution in [0.4, 0.5) is 19.0 Å². The average molecular weight is 374 g/mol. The summed E-state index contributed by atoms with van der Waals surface area (Å²) in [6.07, 6.45) is -4.49. The summed E-state index contributed by atoms with van der Waals surface area (Å²) in [5.74, 6) is -0.0487. The molecule has 0 aliphatic carbocycles. The molecule has 3 nitrogen and oxygen atoms in total. The number of rotatable bonds is 2. The summed E-state index contributed by atoms with van der Waals surface area (Å²) < 4.78 is 39.0. The molecule has 2 N–H and O–H groups in total. The fourth-order valence-corrected chi connectivity index (χ4v) is 2.67. The van der Waals surface area contributed by atoms with Crippen molar-refractivity contribution in [2.75, 3.05) is 5.73 Å². The van der Waals surface area contributed by atoms with E-state index in [4.69, 9.17) is 17.3 Å². The zero-order valence-corrected chi connectivity index (χ0v) is 13.9. The van der Waals surface area contributed by atoms with Gasteiger partial charge < -0.3 is 5.73 Å². The third kappa shape index (κ3) is 3.48. The third-order valence-corrected chi connectivity index (χ3v) is 4.05. The maximum Gasteiger partial charge on any atom is 0.416 e. The van der Waals surface area contributed by atoms with Crippen LogP contribution in [0.2, 0.25) is 5.02 Å². The van der Waals surface area contributed by atoms with E-state index in [2.05, 4.69) is 4.98 Å². The lowest BCUT2D eigenvalue weighted by molar-refractivity contribution is -0.137. The van der Waals surface area contributed by atoms with Gasteiger partial charge in [0.2, 0.25) is 0 Å². The van der Waals surface area contributed by atoms with Gasteiger partial charge in [0.25, 0.3) is 0 Å². The second-order valence-corrected chi connectivity index (χ2v) is 5.95. The fourth-order valence-electron chi connectivity index (χ4n) is 2.54. The molecule has 1 aromatic heterocycles.